The van der Waals surface area contributed by atoms with Crippen LogP contribution < -0.4 is 4.74 Å². The molecule has 0 saturated carbocycles. The predicted molar refractivity (Wildman–Crippen MR) is 103 cm³/mol. The van der Waals surface area contributed by atoms with Crippen LogP contribution in [0.4, 0.5) is 0 Å². The van der Waals surface area contributed by atoms with Crippen molar-refractivity contribution in [2.45, 2.75) is 90.4 Å². The van der Waals surface area contributed by atoms with Gasteiger partial charge in [-0.15, -0.1) is 0 Å². The van der Waals surface area contributed by atoms with Crippen LogP contribution in [0.25, 0.3) is 0 Å². The van der Waals surface area contributed by atoms with E-state index in [9.17, 15) is 4.79 Å². The third kappa shape index (κ3) is 10.5. The van der Waals surface area contributed by atoms with Crippen molar-refractivity contribution in [2.75, 3.05) is 6.61 Å². The summed E-state index contributed by atoms with van der Waals surface area (Å²) in [6.07, 6.45) is 18.5. The van der Waals surface area contributed by atoms with Crippen molar-refractivity contribution in [2.24, 2.45) is 0 Å². The fourth-order valence-corrected chi connectivity index (χ4v) is 3.01. The van der Waals surface area contributed by atoms with Gasteiger partial charge in [0.1, 0.15) is 5.75 Å². The van der Waals surface area contributed by atoms with E-state index in [1.54, 1.807) is 6.07 Å². The summed E-state index contributed by atoms with van der Waals surface area (Å²) in [6, 6.07) is 7.44. The molecule has 2 nitrogen and oxygen atoms in total. The highest BCUT2D eigenvalue weighted by Gasteiger charge is 2.00. The average Bonchev–Trinajstić information content (AvgIpc) is 2.62. The lowest BCUT2D eigenvalue weighted by Gasteiger charge is -2.08. The number of rotatable bonds is 16. The predicted octanol–water partition coefficient (Wildman–Crippen LogP) is 6.97. The monoisotopic (exact) mass is 332 g/mol. The van der Waals surface area contributed by atoms with Gasteiger partial charge in [0.15, 0.2) is 6.29 Å². The molecule has 0 aromatic heterocycles. The molecule has 24 heavy (non-hydrogen) atoms. The number of hydrogen-bond donors (Lipinski definition) is 0. The lowest BCUT2D eigenvalue weighted by Crippen LogP contribution is -1.99. The maximum atomic E-state index is 10.9. The largest absolute Gasteiger partial charge is 0.493 e. The van der Waals surface area contributed by atoms with Gasteiger partial charge in [0, 0.05) is 0 Å². The summed E-state index contributed by atoms with van der Waals surface area (Å²) in [5, 5.41) is 0. The van der Waals surface area contributed by atoms with E-state index in [0.29, 0.717) is 17.9 Å². The number of ether oxygens (including phenoxy) is 1. The van der Waals surface area contributed by atoms with Gasteiger partial charge in [0.05, 0.1) is 12.2 Å². The Morgan fingerprint density at radius 1 is 0.750 bits per heavy atom. The molecule has 0 aliphatic rings. The molecule has 0 bridgehead atoms. The number of carbonyl (C=O) groups excluding carboxylic acids is 1. The first-order valence-corrected chi connectivity index (χ1v) is 10.1. The van der Waals surface area contributed by atoms with Gasteiger partial charge in [-0.1, -0.05) is 96.1 Å². The topological polar surface area (TPSA) is 26.3 Å². The van der Waals surface area contributed by atoms with E-state index in [1.165, 1.54) is 77.0 Å². The number of benzene rings is 1. The van der Waals surface area contributed by atoms with Gasteiger partial charge in [0.2, 0.25) is 0 Å². The van der Waals surface area contributed by atoms with Gasteiger partial charge >= 0.3 is 0 Å². The SMILES string of the molecule is CCCCCCCCCCCCCCCOc1ccccc1C=O. The normalized spacial score (nSPS) is 10.7. The van der Waals surface area contributed by atoms with E-state index in [4.69, 9.17) is 4.74 Å². The Bertz CT molecular complexity index is 414. The fraction of sp³-hybridized carbons (Fsp3) is 0.682. The van der Waals surface area contributed by atoms with Crippen LogP contribution in [0.3, 0.4) is 0 Å². The van der Waals surface area contributed by atoms with Crippen molar-refractivity contribution in [3.8, 4) is 5.75 Å². The standard InChI is InChI=1S/C22H36O2/c1-2-3-4-5-6-7-8-9-10-11-12-13-16-19-24-22-18-15-14-17-21(22)20-23/h14-15,17-18,20H,2-13,16,19H2,1H3. The van der Waals surface area contributed by atoms with Crippen molar-refractivity contribution in [1.29, 1.82) is 0 Å². The Hall–Kier alpha value is -1.31. The second-order valence-electron chi connectivity index (χ2n) is 6.75. The minimum absolute atomic E-state index is 0.646. The molecule has 0 amide bonds. The van der Waals surface area contributed by atoms with Gasteiger partial charge < -0.3 is 4.74 Å². The first-order chi connectivity index (χ1) is 11.9. The molecule has 0 unspecified atom stereocenters. The smallest absolute Gasteiger partial charge is 0.153 e. The van der Waals surface area contributed by atoms with E-state index < -0.39 is 0 Å². The highest BCUT2D eigenvalue weighted by atomic mass is 16.5. The van der Waals surface area contributed by atoms with Crippen LogP contribution in [0.5, 0.6) is 5.75 Å². The summed E-state index contributed by atoms with van der Waals surface area (Å²) >= 11 is 0. The molecule has 0 radical (unpaired) electrons. The Balaban J connectivity index is 1.85. The van der Waals surface area contributed by atoms with E-state index in [2.05, 4.69) is 6.92 Å². The Kier molecular flexibility index (Phi) is 13.2. The molecule has 0 N–H and O–H groups in total. The molecule has 1 aromatic carbocycles. The summed E-state index contributed by atoms with van der Waals surface area (Å²) in [5.74, 6) is 0.714. The summed E-state index contributed by atoms with van der Waals surface area (Å²) in [7, 11) is 0. The van der Waals surface area contributed by atoms with Gasteiger partial charge in [-0.3, -0.25) is 4.79 Å². The molecule has 0 fully saturated rings. The molecule has 2 heteroatoms. The van der Waals surface area contributed by atoms with Crippen LogP contribution >= 0.6 is 0 Å². The highest BCUT2D eigenvalue weighted by Crippen LogP contribution is 2.16. The van der Waals surface area contributed by atoms with Crippen LogP contribution in [0.2, 0.25) is 0 Å². The maximum absolute atomic E-state index is 10.9. The van der Waals surface area contributed by atoms with Gasteiger partial charge in [-0.25, -0.2) is 0 Å². The number of aldehydes is 1. The fourth-order valence-electron chi connectivity index (χ4n) is 3.01. The summed E-state index contributed by atoms with van der Waals surface area (Å²) in [6.45, 7) is 2.98. The molecule has 0 heterocycles. The Morgan fingerprint density at radius 3 is 1.79 bits per heavy atom. The zero-order valence-electron chi connectivity index (χ0n) is 15.6. The minimum Gasteiger partial charge on any atom is -0.493 e. The molecule has 0 atom stereocenters. The van der Waals surface area contributed by atoms with Crippen molar-refractivity contribution in [3.63, 3.8) is 0 Å². The summed E-state index contributed by atoms with van der Waals surface area (Å²) in [5.41, 5.74) is 0.646. The van der Waals surface area contributed by atoms with Gasteiger partial charge in [-0.2, -0.15) is 0 Å². The second kappa shape index (κ2) is 15.2. The van der Waals surface area contributed by atoms with Crippen molar-refractivity contribution >= 4 is 6.29 Å². The summed E-state index contributed by atoms with van der Waals surface area (Å²) < 4.78 is 5.70. The van der Waals surface area contributed by atoms with E-state index in [1.807, 2.05) is 18.2 Å². The van der Waals surface area contributed by atoms with Crippen molar-refractivity contribution in [1.82, 2.24) is 0 Å². The number of carbonyl (C=O) groups is 1. The second-order valence-corrected chi connectivity index (χ2v) is 6.75. The van der Waals surface area contributed by atoms with E-state index in [-0.39, 0.29) is 0 Å². The summed E-state index contributed by atoms with van der Waals surface area (Å²) in [4.78, 5) is 10.9. The Morgan fingerprint density at radius 2 is 1.25 bits per heavy atom. The molecular weight excluding hydrogens is 296 g/mol. The number of hydrogen-bond acceptors (Lipinski definition) is 2. The minimum atomic E-state index is 0.646. The zero-order valence-corrected chi connectivity index (χ0v) is 15.6. The Labute approximate surface area is 149 Å². The van der Waals surface area contributed by atoms with Crippen LogP contribution in [0, 0.1) is 0 Å². The molecule has 1 rings (SSSR count). The zero-order chi connectivity index (χ0) is 17.3. The average molecular weight is 333 g/mol. The van der Waals surface area contributed by atoms with Gasteiger partial charge in [-0.05, 0) is 18.6 Å². The molecular formula is C22H36O2. The van der Waals surface area contributed by atoms with Crippen molar-refractivity contribution < 1.29 is 9.53 Å². The highest BCUT2D eigenvalue weighted by molar-refractivity contribution is 5.79. The first kappa shape index (κ1) is 20.7. The molecule has 0 spiro atoms. The van der Waals surface area contributed by atoms with Crippen LogP contribution in [-0.2, 0) is 0 Å². The quantitative estimate of drug-likeness (QED) is 0.241. The lowest BCUT2D eigenvalue weighted by molar-refractivity contribution is 0.111. The van der Waals surface area contributed by atoms with Crippen LogP contribution in [-0.4, -0.2) is 12.9 Å². The third-order valence-corrected chi connectivity index (χ3v) is 4.55. The molecule has 0 aliphatic heterocycles. The van der Waals surface area contributed by atoms with Gasteiger partial charge in [0.25, 0.3) is 0 Å². The lowest BCUT2D eigenvalue weighted by atomic mass is 10.0. The molecule has 136 valence electrons. The van der Waals surface area contributed by atoms with E-state index >= 15 is 0 Å². The maximum Gasteiger partial charge on any atom is 0.153 e. The van der Waals surface area contributed by atoms with Crippen LogP contribution in [0.15, 0.2) is 24.3 Å². The first-order valence-electron chi connectivity index (χ1n) is 10.1. The molecule has 0 aliphatic carbocycles. The molecule has 0 saturated heterocycles. The number of para-hydroxylation sites is 1. The third-order valence-electron chi connectivity index (χ3n) is 4.55. The number of unbranched alkanes of at least 4 members (excludes halogenated alkanes) is 12. The van der Waals surface area contributed by atoms with E-state index in [0.717, 1.165) is 12.7 Å². The molecule has 1 aromatic rings. The van der Waals surface area contributed by atoms with Crippen LogP contribution in [0.1, 0.15) is 101 Å². The van der Waals surface area contributed by atoms with Crippen molar-refractivity contribution in [3.05, 3.63) is 29.8 Å².